The predicted octanol–water partition coefficient (Wildman–Crippen LogP) is 6.59. The second kappa shape index (κ2) is 13.3. The van der Waals surface area contributed by atoms with Crippen molar-refractivity contribution in [3.63, 3.8) is 0 Å². The maximum atomic E-state index is 13.8. The number of rotatable bonds is 12. The number of hydroxylamine groups is 2. The van der Waals surface area contributed by atoms with Crippen LogP contribution in [0.5, 0.6) is 0 Å². The number of hydrogen-bond acceptors (Lipinski definition) is 4. The van der Waals surface area contributed by atoms with Crippen molar-refractivity contribution in [2.75, 3.05) is 0 Å². The van der Waals surface area contributed by atoms with E-state index in [4.69, 9.17) is 4.84 Å². The third-order valence-electron chi connectivity index (χ3n) is 6.41. The van der Waals surface area contributed by atoms with Gasteiger partial charge in [-0.1, -0.05) is 69.7 Å². The van der Waals surface area contributed by atoms with Crippen LogP contribution in [0.2, 0.25) is 0 Å². The quantitative estimate of drug-likeness (QED) is 0.118. The molecule has 2 aromatic rings. The zero-order chi connectivity index (χ0) is 24.8. The Morgan fingerprint density at radius 3 is 2.15 bits per heavy atom. The van der Waals surface area contributed by atoms with E-state index >= 15 is 0 Å². The summed E-state index contributed by atoms with van der Waals surface area (Å²) in [7, 11) is 0. The summed E-state index contributed by atoms with van der Waals surface area (Å²) in [4.78, 5) is 33.2. The minimum atomic E-state index is -0.891. The van der Waals surface area contributed by atoms with Crippen LogP contribution in [0, 0.1) is 17.3 Å². The summed E-state index contributed by atoms with van der Waals surface area (Å²) < 4.78 is 0. The van der Waals surface area contributed by atoms with Crippen LogP contribution in [0.15, 0.2) is 55.1 Å². The molecule has 0 aliphatic rings. The van der Waals surface area contributed by atoms with Crippen LogP contribution in [-0.2, 0) is 9.63 Å². The van der Waals surface area contributed by atoms with Gasteiger partial charge in [0.1, 0.15) is 5.92 Å². The number of benzene rings is 2. The number of Topliss-reactive ketones (excluding diaryl/α,β-unsaturated/α-hetero) is 1. The van der Waals surface area contributed by atoms with Crippen molar-refractivity contribution in [1.29, 1.82) is 0 Å². The van der Waals surface area contributed by atoms with Crippen LogP contribution in [0.3, 0.4) is 0 Å². The molecule has 2 rings (SSSR count). The zero-order valence-corrected chi connectivity index (χ0v) is 21.4. The Balaban J connectivity index is 0.00000578. The fraction of sp³-hybridized carbons (Fsp3) is 0.517. The average Bonchev–Trinajstić information content (AvgIpc) is 2.76. The number of carbonyl (C=O) groups excluding carboxylic acids is 2. The second-order valence-corrected chi connectivity index (χ2v) is 10.4. The Kier molecular flexibility index (Phi) is 11.8. The van der Waals surface area contributed by atoms with E-state index in [9.17, 15) is 9.59 Å². The van der Waals surface area contributed by atoms with Crippen molar-refractivity contribution < 1.29 is 14.4 Å². The molecule has 34 heavy (non-hydrogen) atoms. The normalized spacial score (nSPS) is 13.6. The molecule has 0 aromatic heterocycles. The average molecular weight is 460 g/mol. The van der Waals surface area contributed by atoms with Crippen LogP contribution in [-0.4, -0.2) is 47.8 Å². The molecular formula is C29H42LiNO3. The van der Waals surface area contributed by atoms with Crippen molar-refractivity contribution in [3.8, 4) is 0 Å². The van der Waals surface area contributed by atoms with Gasteiger partial charge in [-0.25, -0.2) is 4.79 Å². The molecule has 0 heterocycles. The molecule has 0 bridgehead atoms. The number of ketones is 1. The SMILES string of the molecule is C=CC(C)CCCC(C)(C)C(C(=O)ON(C(C)C)C(C)C)C(=O)c1ccc2ccccc2c1.[LiH]. The third-order valence-corrected chi connectivity index (χ3v) is 6.41. The molecule has 2 unspecified atom stereocenters. The molecule has 0 aliphatic carbocycles. The second-order valence-electron chi connectivity index (χ2n) is 10.4. The van der Waals surface area contributed by atoms with Crippen LogP contribution in [0.25, 0.3) is 10.8 Å². The van der Waals surface area contributed by atoms with Gasteiger partial charge in [0.25, 0.3) is 0 Å². The predicted molar refractivity (Wildman–Crippen MR) is 144 cm³/mol. The summed E-state index contributed by atoms with van der Waals surface area (Å²) in [5.41, 5.74) is -0.0100. The van der Waals surface area contributed by atoms with E-state index in [0.717, 1.165) is 30.0 Å². The Morgan fingerprint density at radius 2 is 1.59 bits per heavy atom. The van der Waals surface area contributed by atoms with Crippen LogP contribution < -0.4 is 0 Å². The van der Waals surface area contributed by atoms with Crippen molar-refractivity contribution in [1.82, 2.24) is 5.06 Å². The monoisotopic (exact) mass is 459 g/mol. The molecule has 0 spiro atoms. The first kappa shape index (κ1) is 30.2. The molecule has 0 fully saturated rings. The van der Waals surface area contributed by atoms with Crippen molar-refractivity contribution in [3.05, 3.63) is 60.7 Å². The number of fused-ring (bicyclic) bond motifs is 1. The Morgan fingerprint density at radius 1 is 1.00 bits per heavy atom. The maximum absolute atomic E-state index is 13.8. The Hall–Kier alpha value is -1.86. The Labute approximate surface area is 218 Å². The summed E-state index contributed by atoms with van der Waals surface area (Å²) >= 11 is 0. The van der Waals surface area contributed by atoms with Gasteiger partial charge in [0.15, 0.2) is 5.78 Å². The molecule has 5 heteroatoms. The number of nitrogens with zero attached hydrogens (tertiary/aromatic N) is 1. The standard InChI is InChI=1S/C29H41NO3.Li.H/c1-9-22(6)13-12-18-29(7,8)26(28(32)33-30(20(2)3)21(4)5)27(31)25-17-16-23-14-10-11-15-24(23)19-25;;/h9-11,14-17,19-22,26H,1,12-13,18H2,2-8H3;;. The van der Waals surface area contributed by atoms with Gasteiger partial charge in [0.2, 0.25) is 0 Å². The van der Waals surface area contributed by atoms with Gasteiger partial charge in [-0.05, 0) is 68.7 Å². The molecule has 2 atom stereocenters. The summed E-state index contributed by atoms with van der Waals surface area (Å²) in [6, 6.07) is 13.6. The van der Waals surface area contributed by atoms with Gasteiger partial charge >= 0.3 is 24.8 Å². The van der Waals surface area contributed by atoms with E-state index in [0.29, 0.717) is 11.5 Å². The van der Waals surface area contributed by atoms with Crippen molar-refractivity contribution in [2.24, 2.45) is 17.3 Å². The molecule has 4 nitrogen and oxygen atoms in total. The molecule has 0 radical (unpaired) electrons. The summed E-state index contributed by atoms with van der Waals surface area (Å²) in [5, 5.41) is 3.73. The van der Waals surface area contributed by atoms with Gasteiger partial charge < -0.3 is 4.84 Å². The van der Waals surface area contributed by atoms with Gasteiger partial charge in [-0.15, -0.1) is 11.6 Å². The first-order valence-corrected chi connectivity index (χ1v) is 12.1. The Bertz CT molecular complexity index is 959. The topological polar surface area (TPSA) is 46.6 Å². The molecule has 0 N–H and O–H groups in total. The molecule has 0 amide bonds. The van der Waals surface area contributed by atoms with E-state index in [-0.39, 0.29) is 36.7 Å². The van der Waals surface area contributed by atoms with E-state index in [1.807, 2.05) is 90.1 Å². The first-order chi connectivity index (χ1) is 15.5. The molecule has 2 aromatic carbocycles. The number of hydrogen-bond donors (Lipinski definition) is 0. The van der Waals surface area contributed by atoms with E-state index in [2.05, 4.69) is 13.5 Å². The minimum absolute atomic E-state index is 0. The fourth-order valence-corrected chi connectivity index (χ4v) is 4.40. The fourth-order valence-electron chi connectivity index (χ4n) is 4.40. The molecule has 182 valence electrons. The summed E-state index contributed by atoms with van der Waals surface area (Å²) in [5.74, 6) is -1.14. The zero-order valence-electron chi connectivity index (χ0n) is 21.4. The van der Waals surface area contributed by atoms with E-state index in [1.165, 1.54) is 0 Å². The molecule has 0 aliphatic heterocycles. The van der Waals surface area contributed by atoms with Crippen LogP contribution >= 0.6 is 0 Å². The van der Waals surface area contributed by atoms with Gasteiger partial charge in [0.05, 0.1) is 0 Å². The molecule has 0 saturated carbocycles. The van der Waals surface area contributed by atoms with E-state index < -0.39 is 17.3 Å². The molecular weight excluding hydrogens is 417 g/mol. The first-order valence-electron chi connectivity index (χ1n) is 12.1. The summed E-state index contributed by atoms with van der Waals surface area (Å²) in [6.07, 6.45) is 4.58. The van der Waals surface area contributed by atoms with E-state index in [1.54, 1.807) is 5.06 Å². The van der Waals surface area contributed by atoms with Gasteiger partial charge in [0, 0.05) is 17.6 Å². The van der Waals surface area contributed by atoms with Crippen LogP contribution in [0.1, 0.15) is 78.1 Å². The third kappa shape index (κ3) is 7.84. The van der Waals surface area contributed by atoms with Crippen molar-refractivity contribution in [2.45, 2.75) is 79.8 Å². The number of carbonyl (C=O) groups is 2. The van der Waals surface area contributed by atoms with Crippen LogP contribution in [0.4, 0.5) is 0 Å². The van der Waals surface area contributed by atoms with Gasteiger partial charge in [-0.2, -0.15) is 0 Å². The number of allylic oxidation sites excluding steroid dienone is 1. The van der Waals surface area contributed by atoms with Crippen molar-refractivity contribution >= 4 is 41.4 Å². The summed E-state index contributed by atoms with van der Waals surface area (Å²) in [6.45, 7) is 17.9. The van der Waals surface area contributed by atoms with Gasteiger partial charge in [-0.3, -0.25) is 4.79 Å². The molecule has 0 saturated heterocycles.